The summed E-state index contributed by atoms with van der Waals surface area (Å²) in [6.45, 7) is 3.04. The molecular formula is C24H26ClN5O3. The van der Waals surface area contributed by atoms with Crippen molar-refractivity contribution in [1.29, 1.82) is 0 Å². The fraction of sp³-hybridized carbons (Fsp3) is 0.417. The molecule has 0 saturated carbocycles. The van der Waals surface area contributed by atoms with Crippen LogP contribution < -0.4 is 11.3 Å². The molecule has 0 aliphatic carbocycles. The van der Waals surface area contributed by atoms with Crippen molar-refractivity contribution in [3.63, 3.8) is 0 Å². The second kappa shape index (κ2) is 8.76. The molecule has 4 heterocycles. The van der Waals surface area contributed by atoms with E-state index in [1.807, 2.05) is 4.90 Å². The molecule has 0 atom stereocenters. The van der Waals surface area contributed by atoms with Crippen molar-refractivity contribution in [2.24, 2.45) is 11.7 Å². The quantitative estimate of drug-likeness (QED) is 0.595. The summed E-state index contributed by atoms with van der Waals surface area (Å²) in [4.78, 5) is 46.7. The summed E-state index contributed by atoms with van der Waals surface area (Å²) in [7, 11) is 0. The monoisotopic (exact) mass is 467 g/mol. The maximum atomic E-state index is 13.4. The molecule has 0 spiro atoms. The fourth-order valence-electron chi connectivity index (χ4n) is 5.12. The second-order valence-electron chi connectivity index (χ2n) is 8.93. The average molecular weight is 468 g/mol. The van der Waals surface area contributed by atoms with Crippen LogP contribution in [-0.2, 0) is 4.79 Å². The number of fused-ring (bicyclic) bond motifs is 2. The van der Waals surface area contributed by atoms with Gasteiger partial charge in [0.25, 0.3) is 11.5 Å². The highest BCUT2D eigenvalue weighted by atomic mass is 35.5. The number of hydrogen-bond donors (Lipinski definition) is 1. The van der Waals surface area contributed by atoms with Crippen LogP contribution in [0, 0.1) is 5.92 Å². The van der Waals surface area contributed by atoms with Crippen LogP contribution >= 0.6 is 11.6 Å². The Hall–Kier alpha value is -2.97. The van der Waals surface area contributed by atoms with Crippen LogP contribution in [-0.4, -0.2) is 63.2 Å². The predicted molar refractivity (Wildman–Crippen MR) is 126 cm³/mol. The minimum Gasteiger partial charge on any atom is -0.369 e. The number of primary amides is 1. The lowest BCUT2D eigenvalue weighted by Gasteiger charge is -2.41. The molecule has 33 heavy (non-hydrogen) atoms. The van der Waals surface area contributed by atoms with E-state index in [0.717, 1.165) is 38.8 Å². The lowest BCUT2D eigenvalue weighted by atomic mass is 9.93. The number of halogens is 1. The average Bonchev–Trinajstić information content (AvgIpc) is 2.84. The molecule has 1 aromatic carbocycles. The fourth-order valence-corrected chi connectivity index (χ4v) is 5.29. The lowest BCUT2D eigenvalue weighted by molar-refractivity contribution is -0.123. The van der Waals surface area contributed by atoms with E-state index >= 15 is 0 Å². The Bertz CT molecular complexity index is 1290. The number of aromatic nitrogens is 2. The van der Waals surface area contributed by atoms with Gasteiger partial charge in [-0.25, -0.2) is 4.98 Å². The summed E-state index contributed by atoms with van der Waals surface area (Å²) < 4.78 is 1.42. The first-order valence-corrected chi connectivity index (χ1v) is 11.7. The highest BCUT2D eigenvalue weighted by Crippen LogP contribution is 2.25. The van der Waals surface area contributed by atoms with Gasteiger partial charge in [0.2, 0.25) is 5.91 Å². The first-order valence-electron chi connectivity index (χ1n) is 11.4. The van der Waals surface area contributed by atoms with Gasteiger partial charge in [-0.05, 0) is 69.1 Å². The minimum atomic E-state index is -0.245. The van der Waals surface area contributed by atoms with E-state index in [9.17, 15) is 14.4 Å². The molecule has 8 nitrogen and oxygen atoms in total. The van der Waals surface area contributed by atoms with Crippen molar-refractivity contribution in [3.05, 3.63) is 57.5 Å². The third-order valence-electron chi connectivity index (χ3n) is 7.03. The summed E-state index contributed by atoms with van der Waals surface area (Å²) in [6, 6.07) is 8.83. The van der Waals surface area contributed by atoms with Crippen LogP contribution in [0.3, 0.4) is 0 Å². The number of benzene rings is 1. The molecule has 2 amide bonds. The van der Waals surface area contributed by atoms with Crippen molar-refractivity contribution in [3.8, 4) is 0 Å². The SMILES string of the molecule is NC(=O)C1CCN(C2CCN(C(=O)c3cccn4c(=O)c5cc(Cl)ccc5nc34)CC2)CC1. The summed E-state index contributed by atoms with van der Waals surface area (Å²) in [6.07, 6.45) is 5.01. The molecule has 2 aromatic heterocycles. The van der Waals surface area contributed by atoms with E-state index in [-0.39, 0.29) is 23.3 Å². The minimum absolute atomic E-state index is 0.0164. The highest BCUT2D eigenvalue weighted by Gasteiger charge is 2.31. The number of rotatable bonds is 3. The zero-order valence-corrected chi connectivity index (χ0v) is 19.0. The zero-order chi connectivity index (χ0) is 23.1. The maximum Gasteiger partial charge on any atom is 0.265 e. The van der Waals surface area contributed by atoms with Gasteiger partial charge in [-0.2, -0.15) is 0 Å². The highest BCUT2D eigenvalue weighted by molar-refractivity contribution is 6.31. The van der Waals surface area contributed by atoms with Crippen molar-refractivity contribution < 1.29 is 9.59 Å². The smallest absolute Gasteiger partial charge is 0.265 e. The van der Waals surface area contributed by atoms with Crippen LogP contribution in [0.25, 0.3) is 16.6 Å². The van der Waals surface area contributed by atoms with Gasteiger partial charge < -0.3 is 15.5 Å². The number of nitrogens with zero attached hydrogens (tertiary/aromatic N) is 4. The molecule has 2 saturated heterocycles. The molecule has 2 N–H and O–H groups in total. The van der Waals surface area contributed by atoms with Gasteiger partial charge in [0.15, 0.2) is 5.65 Å². The van der Waals surface area contributed by atoms with E-state index < -0.39 is 0 Å². The van der Waals surface area contributed by atoms with Gasteiger partial charge in [0.05, 0.1) is 16.5 Å². The van der Waals surface area contributed by atoms with E-state index in [0.29, 0.717) is 46.3 Å². The van der Waals surface area contributed by atoms with Crippen molar-refractivity contribution in [1.82, 2.24) is 19.2 Å². The number of piperidine rings is 2. The van der Waals surface area contributed by atoms with Gasteiger partial charge in [-0.3, -0.25) is 18.8 Å². The van der Waals surface area contributed by atoms with Crippen LogP contribution in [0.5, 0.6) is 0 Å². The second-order valence-corrected chi connectivity index (χ2v) is 9.37. The van der Waals surface area contributed by atoms with E-state index in [2.05, 4.69) is 9.88 Å². The Morgan fingerprint density at radius 2 is 1.76 bits per heavy atom. The standard InChI is InChI=1S/C24H26ClN5O3/c25-16-3-4-20-19(14-16)24(33)30-9-1-2-18(22(30)27-20)23(32)29-12-7-17(8-13-29)28-10-5-15(6-11-28)21(26)31/h1-4,9,14-15,17H,5-8,10-13H2,(H2,26,31). The largest absolute Gasteiger partial charge is 0.369 e. The molecule has 2 fully saturated rings. The number of carbonyl (C=O) groups excluding carboxylic acids is 2. The van der Waals surface area contributed by atoms with Crippen LogP contribution in [0.1, 0.15) is 36.0 Å². The van der Waals surface area contributed by atoms with Gasteiger partial charge in [-0.1, -0.05) is 11.6 Å². The number of amides is 2. The van der Waals surface area contributed by atoms with Crippen molar-refractivity contribution in [2.75, 3.05) is 26.2 Å². The Kier molecular flexibility index (Phi) is 5.80. The summed E-state index contributed by atoms with van der Waals surface area (Å²) >= 11 is 6.05. The van der Waals surface area contributed by atoms with Gasteiger partial charge in [0.1, 0.15) is 0 Å². The van der Waals surface area contributed by atoms with Gasteiger partial charge in [0, 0.05) is 36.3 Å². The first-order chi connectivity index (χ1) is 15.9. The third kappa shape index (κ3) is 4.09. The maximum absolute atomic E-state index is 13.4. The molecule has 3 aromatic rings. The van der Waals surface area contributed by atoms with Crippen LogP contribution in [0.2, 0.25) is 5.02 Å². The van der Waals surface area contributed by atoms with E-state index in [4.69, 9.17) is 17.3 Å². The molecule has 9 heteroatoms. The molecule has 172 valence electrons. The molecule has 5 rings (SSSR count). The summed E-state index contributed by atoms with van der Waals surface area (Å²) in [5, 5.41) is 0.890. The number of hydrogen-bond acceptors (Lipinski definition) is 5. The molecular weight excluding hydrogens is 442 g/mol. The van der Waals surface area contributed by atoms with E-state index in [1.165, 1.54) is 4.40 Å². The number of nitrogens with two attached hydrogens (primary N) is 1. The van der Waals surface area contributed by atoms with Crippen LogP contribution in [0.15, 0.2) is 41.3 Å². The van der Waals surface area contributed by atoms with Gasteiger partial charge >= 0.3 is 0 Å². The number of pyridine rings is 1. The van der Waals surface area contributed by atoms with Gasteiger partial charge in [-0.15, -0.1) is 0 Å². The molecule has 0 radical (unpaired) electrons. The normalized spacial score (nSPS) is 18.8. The number of carbonyl (C=O) groups is 2. The molecule has 2 aliphatic rings. The lowest BCUT2D eigenvalue weighted by Crippen LogP contribution is -2.50. The van der Waals surface area contributed by atoms with Crippen molar-refractivity contribution >= 4 is 40.0 Å². The summed E-state index contributed by atoms with van der Waals surface area (Å²) in [5.74, 6) is -0.328. The van der Waals surface area contributed by atoms with Crippen molar-refractivity contribution in [2.45, 2.75) is 31.7 Å². The molecule has 0 bridgehead atoms. The predicted octanol–water partition coefficient (Wildman–Crippen LogP) is 2.30. The van der Waals surface area contributed by atoms with E-state index in [1.54, 1.807) is 36.5 Å². The summed E-state index contributed by atoms with van der Waals surface area (Å²) in [5.41, 5.74) is 6.50. The Morgan fingerprint density at radius 1 is 1.03 bits per heavy atom. The van der Waals surface area contributed by atoms with Crippen LogP contribution in [0.4, 0.5) is 0 Å². The Morgan fingerprint density at radius 3 is 2.45 bits per heavy atom. The topological polar surface area (TPSA) is 101 Å². The molecule has 0 unspecified atom stereocenters. The first kappa shape index (κ1) is 21.9. The molecule has 2 aliphatic heterocycles. The third-order valence-corrected chi connectivity index (χ3v) is 7.27. The Balaban J connectivity index is 1.34. The number of likely N-dealkylation sites (tertiary alicyclic amines) is 2. The zero-order valence-electron chi connectivity index (χ0n) is 18.2. The Labute approximate surface area is 195 Å².